The SMILES string of the molecule is CCc1cn(CCCCC(NC(=O)CCCNC(=O)[C@H](C)NC(=O)[C@@H](C)O[C@H]2C(O[C@@H]3O[C@H](CO)[C@@H](O[C@@H]4O[C@H](CO)C(O[C@@H]5O[C@H](CO)[C@@H](O)[C@H](O)[C@H]5NC(C)=O)[C@H](O[C@H](C)C(=O)N[C@@H](C)C(=O)NCCCC(=O)N[C@@H](CCCCN)C(=O)O)[C@H]4NC(C)=O)[C@H](O)[C@H]3NC(C)=O)[C@@H](CO)OC(O)[C@@H]2NC(C)=O)C(=O)O)nn1. The summed E-state index contributed by atoms with van der Waals surface area (Å²) in [6, 6.07) is -12.0. The van der Waals surface area contributed by atoms with E-state index in [1.807, 2.05) is 6.92 Å². The van der Waals surface area contributed by atoms with Crippen molar-refractivity contribution in [1.82, 2.24) is 68.2 Å². The fraction of sp³-hybridized carbons (Fsp3) is 0.794. The number of carbonyl (C=O) groups is 12. The minimum Gasteiger partial charge on any atom is -0.480 e. The maximum absolute atomic E-state index is 14.2. The van der Waals surface area contributed by atoms with Crippen molar-refractivity contribution >= 4 is 71.0 Å². The predicted molar refractivity (Wildman–Crippen MR) is 382 cm³/mol. The number of amides is 10. The van der Waals surface area contributed by atoms with Crippen LogP contribution in [-0.4, -0.2) is 342 Å². The van der Waals surface area contributed by atoms with E-state index in [9.17, 15) is 109 Å². The molecule has 4 saturated heterocycles. The Bertz CT molecular complexity index is 3280. The lowest BCUT2D eigenvalue weighted by Crippen LogP contribution is -2.72. The highest BCUT2D eigenvalue weighted by molar-refractivity contribution is 5.90. The minimum atomic E-state index is -2.16. The minimum absolute atomic E-state index is 0.0396. The molecule has 0 spiro atoms. The number of aliphatic hydroxyl groups excluding tert-OH is 8. The van der Waals surface area contributed by atoms with Gasteiger partial charge in [-0.1, -0.05) is 12.1 Å². The van der Waals surface area contributed by atoms with Gasteiger partial charge in [-0.15, -0.1) is 5.10 Å². The third-order valence-electron chi connectivity index (χ3n) is 18.8. The zero-order chi connectivity index (χ0) is 84.1. The normalized spacial score (nSPS) is 29.3. The summed E-state index contributed by atoms with van der Waals surface area (Å²) in [5.74, 6) is -10.6. The molecule has 22 N–H and O–H groups in total. The molecule has 0 saturated carbocycles. The van der Waals surface area contributed by atoms with E-state index in [2.05, 4.69) is 63.5 Å². The lowest BCUT2D eigenvalue weighted by Gasteiger charge is -2.52. The Morgan fingerprint density at radius 2 is 0.885 bits per heavy atom. The molecule has 1 aromatic heterocycles. The van der Waals surface area contributed by atoms with E-state index in [4.69, 9.17) is 48.4 Å². The second-order valence-electron chi connectivity index (χ2n) is 27.9. The van der Waals surface area contributed by atoms with Crippen LogP contribution in [0, 0.1) is 0 Å². The number of nitrogens with two attached hydrogens (primary N) is 1. The molecule has 5 rings (SSSR count). The standard InChI is InChI=1S/C68H114N14O31/c1-10-38-25-82(81-80-38)24-14-12-18-40(64(102)103)79-46(92)20-16-23-70-59(96)30(2)72-61(98)32(4)105-57-49(76-36(8)89)65(104)107-43(28-85)55(57)112-67-48(75-35(7)88)53(95)54(42(27-84)109-67)111-68-50(77-37(9)90)58(56(44(29-86)110-68)113-66-47(74-34(6)87)52(94)51(93)41(26-83)108-66)106-33(5)62(99)73-31(3)60(97)71-22-15-19-45(91)78-39(63(100)101)17-11-13-21-69/h25,30-33,39-44,47-58,65-68,83-86,93-95,104H,10-24,26-29,69H2,1-9H3,(H,70,96)(H,71,97)(H,72,98)(H,73,99)(H,74,87)(H,75,88)(H,76,89)(H,77,90)(H,78,91)(H,79,92)(H,100,101)(H,102,103)/t30-,31-,32+,33+,39-,40?,41+,42+,43+,44+,47+,48+,49+,50+,51+,52+,53+,54+,55?,56?,57+,58+,65?,66-,67-,68-/m0/s1. The summed E-state index contributed by atoms with van der Waals surface area (Å²) < 4.78 is 57.6. The van der Waals surface area contributed by atoms with Gasteiger partial charge < -0.3 is 153 Å². The van der Waals surface area contributed by atoms with Gasteiger partial charge in [0, 0.05) is 66.4 Å². The summed E-state index contributed by atoms with van der Waals surface area (Å²) in [7, 11) is 0. The van der Waals surface area contributed by atoms with Crippen LogP contribution in [0.15, 0.2) is 6.20 Å². The van der Waals surface area contributed by atoms with Crippen molar-refractivity contribution in [2.75, 3.05) is 46.1 Å². The fourth-order valence-electron chi connectivity index (χ4n) is 12.8. The van der Waals surface area contributed by atoms with Crippen molar-refractivity contribution in [1.29, 1.82) is 0 Å². The molecule has 642 valence electrons. The van der Waals surface area contributed by atoms with Crippen molar-refractivity contribution in [3.8, 4) is 0 Å². The number of hydrogen-bond donors (Lipinski definition) is 21. The van der Waals surface area contributed by atoms with Crippen LogP contribution in [-0.2, 0) is 113 Å². The first kappa shape index (κ1) is 95.6. The van der Waals surface area contributed by atoms with Crippen LogP contribution >= 0.6 is 0 Å². The Hall–Kier alpha value is -7.94. The van der Waals surface area contributed by atoms with Crippen LogP contribution in [0.4, 0.5) is 0 Å². The van der Waals surface area contributed by atoms with Crippen molar-refractivity contribution in [3.05, 3.63) is 11.9 Å². The Labute approximate surface area is 650 Å². The largest absolute Gasteiger partial charge is 0.480 e. The maximum Gasteiger partial charge on any atom is 0.326 e. The van der Waals surface area contributed by atoms with E-state index in [0.29, 0.717) is 45.2 Å². The summed E-state index contributed by atoms with van der Waals surface area (Å²) in [4.78, 5) is 156. The molecule has 1 aromatic rings. The lowest BCUT2D eigenvalue weighted by atomic mass is 9.92. The quantitative estimate of drug-likeness (QED) is 0.0270. The van der Waals surface area contributed by atoms with E-state index in [-0.39, 0.29) is 51.6 Å². The fourth-order valence-corrected chi connectivity index (χ4v) is 12.8. The van der Waals surface area contributed by atoms with E-state index in [0.717, 1.165) is 33.4 Å². The topological polar surface area (TPSA) is 667 Å². The molecule has 0 radical (unpaired) electrons. The molecule has 4 aliphatic heterocycles. The summed E-state index contributed by atoms with van der Waals surface area (Å²) in [5, 5.41) is 142. The van der Waals surface area contributed by atoms with Crippen LogP contribution in [0.25, 0.3) is 0 Å². The summed E-state index contributed by atoms with van der Waals surface area (Å²) >= 11 is 0. The maximum atomic E-state index is 14.2. The molecule has 45 heteroatoms. The van der Waals surface area contributed by atoms with E-state index in [1.54, 1.807) is 10.9 Å². The molecule has 10 amide bonds. The van der Waals surface area contributed by atoms with Crippen LogP contribution < -0.4 is 58.9 Å². The number of carbonyl (C=O) groups excluding carboxylic acids is 10. The van der Waals surface area contributed by atoms with Crippen LogP contribution in [0.1, 0.15) is 132 Å². The summed E-state index contributed by atoms with van der Waals surface area (Å²) in [6.07, 6.45) is -29.1. The zero-order valence-electron chi connectivity index (χ0n) is 64.5. The number of nitrogens with one attached hydrogen (secondary N) is 10. The first-order chi connectivity index (χ1) is 53.5. The second kappa shape index (κ2) is 47.2. The number of nitrogens with zero attached hydrogens (tertiary/aromatic N) is 3. The number of aryl methyl sites for hydroxylation is 2. The highest BCUT2D eigenvalue weighted by atomic mass is 16.8. The van der Waals surface area contributed by atoms with Gasteiger partial charge in [-0.25, -0.2) is 9.59 Å². The Morgan fingerprint density at radius 3 is 1.32 bits per heavy atom. The number of hydrogen-bond acceptors (Lipinski definition) is 32. The average Bonchev–Trinajstić information content (AvgIpc) is 0.823. The molecular formula is C68H114N14O31. The van der Waals surface area contributed by atoms with Gasteiger partial charge in [-0.2, -0.15) is 0 Å². The number of ether oxygens (including phenoxy) is 9. The van der Waals surface area contributed by atoms with Crippen LogP contribution in [0.3, 0.4) is 0 Å². The molecule has 4 aliphatic rings. The first-order valence-corrected chi connectivity index (χ1v) is 37.4. The lowest BCUT2D eigenvalue weighted by molar-refractivity contribution is -0.365. The molecule has 4 unspecified atom stereocenters. The molecule has 113 heavy (non-hydrogen) atoms. The van der Waals surface area contributed by atoms with Crippen molar-refractivity contribution in [3.63, 3.8) is 0 Å². The van der Waals surface area contributed by atoms with Gasteiger partial charge in [0.2, 0.25) is 59.1 Å². The van der Waals surface area contributed by atoms with Gasteiger partial charge in [0.15, 0.2) is 25.2 Å². The van der Waals surface area contributed by atoms with Crippen LogP contribution in [0.2, 0.25) is 0 Å². The number of aliphatic hydroxyl groups is 8. The number of unbranched alkanes of at least 4 members (excludes halogenated alkanes) is 2. The predicted octanol–water partition coefficient (Wildman–Crippen LogP) is -9.25. The zero-order valence-corrected chi connectivity index (χ0v) is 64.5. The molecule has 45 nitrogen and oxygen atoms in total. The third-order valence-corrected chi connectivity index (χ3v) is 18.8. The van der Waals surface area contributed by atoms with E-state index in [1.165, 1.54) is 27.7 Å². The molecule has 26 atom stereocenters. The molecule has 4 fully saturated rings. The van der Waals surface area contributed by atoms with Crippen molar-refractivity contribution in [2.45, 2.75) is 298 Å². The monoisotopic (exact) mass is 1620 g/mol. The molecule has 5 heterocycles. The number of rotatable bonds is 46. The number of carboxylic acid groups (broad SMARTS) is 2. The highest BCUT2D eigenvalue weighted by Gasteiger charge is 2.58. The van der Waals surface area contributed by atoms with Crippen LogP contribution in [0.5, 0.6) is 0 Å². The highest BCUT2D eigenvalue weighted by Crippen LogP contribution is 2.37. The second-order valence-corrected chi connectivity index (χ2v) is 27.9. The van der Waals surface area contributed by atoms with E-state index >= 15 is 0 Å². The van der Waals surface area contributed by atoms with Gasteiger partial charge >= 0.3 is 11.9 Å². The number of carboxylic acids is 2. The summed E-state index contributed by atoms with van der Waals surface area (Å²) in [6.45, 7) is 7.44. The van der Waals surface area contributed by atoms with Crippen molar-refractivity contribution < 1.29 is 151 Å². The van der Waals surface area contributed by atoms with Crippen molar-refractivity contribution in [2.24, 2.45) is 5.73 Å². The third kappa shape index (κ3) is 29.1. The summed E-state index contributed by atoms with van der Waals surface area (Å²) in [5.41, 5.74) is 6.31. The number of aliphatic carboxylic acids is 2. The average molecular weight is 1620 g/mol. The first-order valence-electron chi connectivity index (χ1n) is 37.4. The van der Waals surface area contributed by atoms with Gasteiger partial charge in [0.05, 0.1) is 32.1 Å². The van der Waals surface area contributed by atoms with Gasteiger partial charge in [0.25, 0.3) is 0 Å². The molecule has 0 bridgehead atoms. The smallest absolute Gasteiger partial charge is 0.326 e. The molecule has 0 aromatic carbocycles. The Balaban J connectivity index is 1.37. The Morgan fingerprint density at radius 1 is 0.487 bits per heavy atom. The Kier molecular flexibility index (Phi) is 39.9. The van der Waals surface area contributed by atoms with Gasteiger partial charge in [-0.3, -0.25) is 52.6 Å². The molecule has 0 aliphatic carbocycles. The van der Waals surface area contributed by atoms with Gasteiger partial charge in [0.1, 0.15) is 134 Å². The van der Waals surface area contributed by atoms with E-state index < -0.39 is 256 Å². The van der Waals surface area contributed by atoms with Gasteiger partial charge in [-0.05, 0) is 92.0 Å². The number of aromatic nitrogens is 3. The molecular weight excluding hydrogens is 1510 g/mol.